The Morgan fingerprint density at radius 2 is 2.23 bits per heavy atom. The molecule has 0 spiro atoms. The van der Waals surface area contributed by atoms with E-state index in [0.29, 0.717) is 13.0 Å². The Morgan fingerprint density at radius 1 is 1.54 bits per heavy atom. The number of aryl methyl sites for hydroxylation is 1. The lowest BCUT2D eigenvalue weighted by atomic mass is 10.1. The van der Waals surface area contributed by atoms with Crippen molar-refractivity contribution in [3.8, 4) is 0 Å². The first-order chi connectivity index (χ1) is 6.19. The van der Waals surface area contributed by atoms with E-state index >= 15 is 0 Å². The Balaban J connectivity index is 3.15. The molecule has 0 bridgehead atoms. The molecule has 0 radical (unpaired) electrons. The van der Waals surface area contributed by atoms with Gasteiger partial charge in [-0.15, -0.1) is 0 Å². The first kappa shape index (κ1) is 9.67. The van der Waals surface area contributed by atoms with Crippen molar-refractivity contribution in [2.24, 2.45) is 5.73 Å². The van der Waals surface area contributed by atoms with E-state index in [9.17, 15) is 10.1 Å². The van der Waals surface area contributed by atoms with E-state index in [1.54, 1.807) is 12.1 Å². The van der Waals surface area contributed by atoms with Gasteiger partial charge in [-0.05, 0) is 18.1 Å². The zero-order valence-corrected chi connectivity index (χ0v) is 7.49. The minimum atomic E-state index is -0.362. The lowest BCUT2D eigenvalue weighted by Gasteiger charge is -2.01. The summed E-state index contributed by atoms with van der Waals surface area (Å²) < 4.78 is 0. The fraction of sp³-hybridized carbons (Fsp3) is 0.333. The van der Waals surface area contributed by atoms with Crippen LogP contribution in [0.4, 0.5) is 5.69 Å². The van der Waals surface area contributed by atoms with Crippen molar-refractivity contribution in [1.29, 1.82) is 0 Å². The van der Waals surface area contributed by atoms with Gasteiger partial charge in [0, 0.05) is 18.2 Å². The van der Waals surface area contributed by atoms with Crippen LogP contribution in [0.1, 0.15) is 18.1 Å². The molecule has 0 amide bonds. The smallest absolute Gasteiger partial charge is 0.272 e. The van der Waals surface area contributed by atoms with Crippen LogP contribution in [0.25, 0.3) is 0 Å². The summed E-state index contributed by atoms with van der Waals surface area (Å²) in [6, 6.07) is 5.00. The van der Waals surface area contributed by atoms with Crippen molar-refractivity contribution in [3.05, 3.63) is 39.4 Å². The summed E-state index contributed by atoms with van der Waals surface area (Å²) in [5, 5.41) is 10.6. The highest BCUT2D eigenvalue weighted by atomic mass is 16.6. The standard InChI is InChI=1S/C9H12N2O2/c1-2-8-5-7(6-10)3-4-9(8)11(12)13/h3-5H,2,6,10H2,1H3. The molecular weight excluding hydrogens is 168 g/mol. The van der Waals surface area contributed by atoms with Crippen LogP contribution in [-0.4, -0.2) is 4.92 Å². The lowest BCUT2D eigenvalue weighted by Crippen LogP contribution is -2.00. The second kappa shape index (κ2) is 4.00. The van der Waals surface area contributed by atoms with E-state index in [-0.39, 0.29) is 10.6 Å². The van der Waals surface area contributed by atoms with Gasteiger partial charge in [0.2, 0.25) is 0 Å². The predicted molar refractivity (Wildman–Crippen MR) is 50.4 cm³/mol. The largest absolute Gasteiger partial charge is 0.326 e. The number of nitrogens with two attached hydrogens (primary N) is 1. The number of nitrogens with zero attached hydrogens (tertiary/aromatic N) is 1. The number of nitro groups is 1. The van der Waals surface area contributed by atoms with E-state index in [2.05, 4.69) is 0 Å². The number of rotatable bonds is 3. The summed E-state index contributed by atoms with van der Waals surface area (Å²) in [7, 11) is 0. The Bertz CT molecular complexity index is 323. The number of benzene rings is 1. The topological polar surface area (TPSA) is 69.2 Å². The molecule has 0 saturated carbocycles. The zero-order chi connectivity index (χ0) is 9.84. The Hall–Kier alpha value is -1.42. The Kier molecular flexibility index (Phi) is 2.97. The van der Waals surface area contributed by atoms with Crippen LogP contribution in [0.15, 0.2) is 18.2 Å². The second-order valence-electron chi connectivity index (χ2n) is 2.78. The van der Waals surface area contributed by atoms with Gasteiger partial charge >= 0.3 is 0 Å². The molecule has 1 rings (SSSR count). The lowest BCUT2D eigenvalue weighted by molar-refractivity contribution is -0.385. The van der Waals surface area contributed by atoms with Crippen LogP contribution in [0.3, 0.4) is 0 Å². The zero-order valence-electron chi connectivity index (χ0n) is 7.49. The second-order valence-corrected chi connectivity index (χ2v) is 2.78. The maximum absolute atomic E-state index is 10.6. The third-order valence-corrected chi connectivity index (χ3v) is 1.96. The highest BCUT2D eigenvalue weighted by Gasteiger charge is 2.11. The summed E-state index contributed by atoms with van der Waals surface area (Å²) >= 11 is 0. The molecule has 4 nitrogen and oxygen atoms in total. The molecule has 0 aromatic heterocycles. The van der Waals surface area contributed by atoms with Crippen molar-refractivity contribution in [1.82, 2.24) is 0 Å². The molecule has 0 unspecified atom stereocenters. The molecule has 0 saturated heterocycles. The molecule has 1 aromatic rings. The van der Waals surface area contributed by atoms with Gasteiger partial charge in [0.25, 0.3) is 5.69 Å². The van der Waals surface area contributed by atoms with Gasteiger partial charge in [-0.2, -0.15) is 0 Å². The fourth-order valence-corrected chi connectivity index (χ4v) is 1.23. The van der Waals surface area contributed by atoms with Crippen LogP contribution in [0.2, 0.25) is 0 Å². The quantitative estimate of drug-likeness (QED) is 0.567. The van der Waals surface area contributed by atoms with E-state index in [1.807, 2.05) is 6.92 Å². The van der Waals surface area contributed by atoms with Crippen molar-refractivity contribution in [2.75, 3.05) is 0 Å². The SMILES string of the molecule is CCc1cc(CN)ccc1[N+](=O)[O-]. The van der Waals surface area contributed by atoms with Gasteiger partial charge in [0.05, 0.1) is 4.92 Å². The first-order valence-electron chi connectivity index (χ1n) is 4.15. The molecule has 2 N–H and O–H groups in total. The Morgan fingerprint density at radius 3 is 2.69 bits per heavy atom. The minimum Gasteiger partial charge on any atom is -0.326 e. The summed E-state index contributed by atoms with van der Waals surface area (Å²) in [6.45, 7) is 2.31. The molecule has 0 aliphatic carbocycles. The average molecular weight is 180 g/mol. The van der Waals surface area contributed by atoms with Gasteiger partial charge in [-0.3, -0.25) is 10.1 Å². The third-order valence-electron chi connectivity index (χ3n) is 1.96. The molecule has 0 aliphatic heterocycles. The first-order valence-corrected chi connectivity index (χ1v) is 4.15. The highest BCUT2D eigenvalue weighted by molar-refractivity contribution is 5.42. The summed E-state index contributed by atoms with van der Waals surface area (Å²) in [4.78, 5) is 10.2. The fourth-order valence-electron chi connectivity index (χ4n) is 1.23. The van der Waals surface area contributed by atoms with Crippen LogP contribution < -0.4 is 5.73 Å². The van der Waals surface area contributed by atoms with Gasteiger partial charge in [-0.1, -0.05) is 13.0 Å². The maximum atomic E-state index is 10.6. The molecule has 0 heterocycles. The number of nitro benzene ring substituents is 1. The van der Waals surface area contributed by atoms with E-state index < -0.39 is 0 Å². The molecular formula is C9H12N2O2. The van der Waals surface area contributed by atoms with Crippen molar-refractivity contribution in [2.45, 2.75) is 19.9 Å². The molecule has 1 aromatic carbocycles. The summed E-state index contributed by atoms with van der Waals surface area (Å²) in [5.74, 6) is 0. The molecule has 70 valence electrons. The number of hydrogen-bond donors (Lipinski definition) is 1. The third kappa shape index (κ3) is 2.03. The van der Waals surface area contributed by atoms with Gasteiger partial charge < -0.3 is 5.73 Å². The minimum absolute atomic E-state index is 0.180. The normalized spacial score (nSPS) is 10.0. The highest BCUT2D eigenvalue weighted by Crippen LogP contribution is 2.20. The Labute approximate surface area is 76.5 Å². The molecule has 0 fully saturated rings. The van der Waals surface area contributed by atoms with Crippen LogP contribution in [-0.2, 0) is 13.0 Å². The molecule has 13 heavy (non-hydrogen) atoms. The summed E-state index contributed by atoms with van der Waals surface area (Å²) in [6.07, 6.45) is 0.657. The van der Waals surface area contributed by atoms with Crippen LogP contribution in [0, 0.1) is 10.1 Å². The van der Waals surface area contributed by atoms with E-state index in [0.717, 1.165) is 11.1 Å². The number of hydrogen-bond acceptors (Lipinski definition) is 3. The van der Waals surface area contributed by atoms with Crippen molar-refractivity contribution < 1.29 is 4.92 Å². The average Bonchev–Trinajstić information content (AvgIpc) is 2.16. The van der Waals surface area contributed by atoms with E-state index in [1.165, 1.54) is 6.07 Å². The van der Waals surface area contributed by atoms with Gasteiger partial charge in [-0.25, -0.2) is 0 Å². The maximum Gasteiger partial charge on any atom is 0.272 e. The van der Waals surface area contributed by atoms with Crippen molar-refractivity contribution in [3.63, 3.8) is 0 Å². The monoisotopic (exact) mass is 180 g/mol. The van der Waals surface area contributed by atoms with Crippen LogP contribution in [0.5, 0.6) is 0 Å². The molecule has 4 heteroatoms. The van der Waals surface area contributed by atoms with E-state index in [4.69, 9.17) is 5.73 Å². The predicted octanol–water partition coefficient (Wildman–Crippen LogP) is 1.62. The van der Waals surface area contributed by atoms with Crippen molar-refractivity contribution >= 4 is 5.69 Å². The summed E-state index contributed by atoms with van der Waals surface area (Å²) in [5.41, 5.74) is 7.29. The van der Waals surface area contributed by atoms with Crippen LogP contribution >= 0.6 is 0 Å². The van der Waals surface area contributed by atoms with Gasteiger partial charge in [0.15, 0.2) is 0 Å². The molecule has 0 aliphatic rings. The molecule has 0 atom stereocenters. The van der Waals surface area contributed by atoms with Gasteiger partial charge in [0.1, 0.15) is 0 Å².